The summed E-state index contributed by atoms with van der Waals surface area (Å²) in [5.74, 6) is -1.23. The van der Waals surface area contributed by atoms with Gasteiger partial charge in [-0.3, -0.25) is 10.1 Å². The molecule has 0 saturated carbocycles. The number of nitrogens with zero attached hydrogens (tertiary/aromatic N) is 3. The molecule has 0 aliphatic carbocycles. The van der Waals surface area contributed by atoms with Crippen molar-refractivity contribution in [3.05, 3.63) is 63.5 Å². The summed E-state index contributed by atoms with van der Waals surface area (Å²) in [5, 5.41) is 25.8. The van der Waals surface area contributed by atoms with Gasteiger partial charge >= 0.3 is 18.2 Å². The minimum Gasteiger partial charge on any atom is -0.477 e. The first-order valence-electron chi connectivity index (χ1n) is 12.9. The summed E-state index contributed by atoms with van der Waals surface area (Å²) >= 11 is 0.746. The third kappa shape index (κ3) is 6.44. The molecule has 1 aromatic carbocycles. The van der Waals surface area contributed by atoms with Crippen molar-refractivity contribution in [2.24, 2.45) is 5.92 Å². The van der Waals surface area contributed by atoms with E-state index >= 15 is 0 Å². The molecule has 0 aliphatic rings. The molecule has 42 heavy (non-hydrogen) atoms. The Kier molecular flexibility index (Phi) is 8.97. The van der Waals surface area contributed by atoms with Gasteiger partial charge in [0.1, 0.15) is 16.4 Å². The van der Waals surface area contributed by atoms with E-state index in [4.69, 9.17) is 0 Å². The van der Waals surface area contributed by atoms with E-state index in [0.717, 1.165) is 16.7 Å². The highest BCUT2D eigenvalue weighted by molar-refractivity contribution is 7.13. The van der Waals surface area contributed by atoms with Crippen LogP contribution in [0.4, 0.5) is 23.8 Å². The van der Waals surface area contributed by atoms with Crippen LogP contribution in [-0.4, -0.2) is 49.9 Å². The van der Waals surface area contributed by atoms with Crippen molar-refractivity contribution in [3.63, 3.8) is 0 Å². The van der Waals surface area contributed by atoms with E-state index in [0.29, 0.717) is 29.6 Å². The second-order valence-corrected chi connectivity index (χ2v) is 10.8. The van der Waals surface area contributed by atoms with Crippen molar-refractivity contribution < 1.29 is 33.0 Å². The number of pyridine rings is 2. The molecule has 3 heterocycles. The first-order chi connectivity index (χ1) is 19.8. The van der Waals surface area contributed by atoms with Gasteiger partial charge in [-0.1, -0.05) is 19.9 Å². The molecule has 1 atom stereocenters. The van der Waals surface area contributed by atoms with Crippen LogP contribution >= 0.6 is 11.3 Å². The Labute approximate surface area is 241 Å². The van der Waals surface area contributed by atoms with Crippen molar-refractivity contribution in [2.45, 2.75) is 39.4 Å². The Balaban J connectivity index is 1.95. The van der Waals surface area contributed by atoms with Gasteiger partial charge in [-0.25, -0.2) is 19.6 Å². The molecule has 0 spiro atoms. The number of nitrogens with one attached hydrogen (secondary N) is 2. The van der Waals surface area contributed by atoms with Gasteiger partial charge in [0.2, 0.25) is 5.43 Å². The summed E-state index contributed by atoms with van der Waals surface area (Å²) in [4.78, 5) is 45.3. The minimum absolute atomic E-state index is 0.00672. The fourth-order valence-corrected chi connectivity index (χ4v) is 5.43. The summed E-state index contributed by atoms with van der Waals surface area (Å²) in [6, 6.07) is 4.97. The second kappa shape index (κ2) is 12.3. The van der Waals surface area contributed by atoms with Crippen LogP contribution in [0.1, 0.15) is 49.3 Å². The van der Waals surface area contributed by atoms with Crippen LogP contribution in [0.3, 0.4) is 0 Å². The molecule has 4 aromatic rings. The highest BCUT2D eigenvalue weighted by atomic mass is 32.1. The Morgan fingerprint density at radius 2 is 1.90 bits per heavy atom. The monoisotopic (exact) mass is 603 g/mol. The van der Waals surface area contributed by atoms with Gasteiger partial charge in [-0.2, -0.15) is 13.2 Å². The van der Waals surface area contributed by atoms with Crippen molar-refractivity contribution >= 4 is 40.1 Å². The zero-order chi connectivity index (χ0) is 30.8. The average Bonchev–Trinajstić information content (AvgIpc) is 3.43. The molecule has 4 N–H and O–H groups in total. The van der Waals surface area contributed by atoms with Gasteiger partial charge in [0.25, 0.3) is 0 Å². The second-order valence-electron chi connectivity index (χ2n) is 9.92. The number of rotatable bonds is 9. The van der Waals surface area contributed by atoms with Crippen molar-refractivity contribution in [1.29, 1.82) is 0 Å². The lowest BCUT2D eigenvalue weighted by molar-refractivity contribution is -0.140. The van der Waals surface area contributed by atoms with E-state index in [2.05, 4.69) is 20.6 Å². The van der Waals surface area contributed by atoms with E-state index in [1.54, 1.807) is 23.6 Å². The molecule has 4 rings (SSSR count). The zero-order valence-corrected chi connectivity index (χ0v) is 23.6. The van der Waals surface area contributed by atoms with Crippen LogP contribution in [-0.2, 0) is 6.18 Å². The molecule has 0 saturated heterocycles. The van der Waals surface area contributed by atoms with Gasteiger partial charge in [-0.15, -0.1) is 11.3 Å². The number of carbonyl (C=O) groups is 2. The smallest absolute Gasteiger partial charge is 0.434 e. The summed E-state index contributed by atoms with van der Waals surface area (Å²) in [6.07, 6.45) is -1.61. The normalized spacial score (nSPS) is 12.5. The van der Waals surface area contributed by atoms with Crippen molar-refractivity contribution in [1.82, 2.24) is 19.9 Å². The number of fused-ring (bicyclic) bond motifs is 1. The number of hydrogen-bond donors (Lipinski definition) is 4. The topological polar surface area (TPSA) is 146 Å². The molecule has 0 bridgehead atoms. The highest BCUT2D eigenvalue weighted by Crippen LogP contribution is 2.39. The van der Waals surface area contributed by atoms with E-state index in [-0.39, 0.29) is 34.3 Å². The Morgan fingerprint density at radius 3 is 2.50 bits per heavy atom. The maximum atomic E-state index is 13.4. The number of carboxylic acid groups (broad SMARTS) is 1. The maximum absolute atomic E-state index is 13.4. The quantitative estimate of drug-likeness (QED) is 0.194. The summed E-state index contributed by atoms with van der Waals surface area (Å²) < 4.78 is 41.7. The first-order valence-corrected chi connectivity index (χ1v) is 13.8. The van der Waals surface area contributed by atoms with Crippen molar-refractivity contribution in [2.75, 3.05) is 18.5 Å². The molecule has 2 amide bonds. The molecule has 10 nitrogen and oxygen atoms in total. The van der Waals surface area contributed by atoms with Gasteiger partial charge < -0.3 is 20.1 Å². The number of benzene rings is 1. The molecule has 0 unspecified atom stereocenters. The van der Waals surface area contributed by atoms with Crippen LogP contribution in [0.15, 0.2) is 46.8 Å². The molecule has 222 valence electrons. The molecule has 14 heteroatoms. The lowest BCUT2D eigenvalue weighted by atomic mass is 9.98. The number of hydrogen-bond acceptors (Lipinski definition) is 7. The molecule has 0 aliphatic heterocycles. The highest BCUT2D eigenvalue weighted by Gasteiger charge is 2.34. The number of aliphatic hydroxyl groups is 1. The lowest BCUT2D eigenvalue weighted by Crippen LogP contribution is -2.28. The number of anilines is 1. The van der Waals surface area contributed by atoms with E-state index < -0.39 is 40.9 Å². The van der Waals surface area contributed by atoms with E-state index in [1.165, 1.54) is 24.5 Å². The third-order valence-electron chi connectivity index (χ3n) is 6.43. The summed E-state index contributed by atoms with van der Waals surface area (Å²) in [6.45, 7) is 5.65. The number of alkyl halides is 3. The van der Waals surface area contributed by atoms with Crippen LogP contribution in [0, 0.1) is 5.92 Å². The number of carbonyl (C=O) groups excluding carboxylic acids is 1. The van der Waals surface area contributed by atoms with Crippen LogP contribution in [0.25, 0.3) is 32.6 Å². The zero-order valence-electron chi connectivity index (χ0n) is 22.8. The van der Waals surface area contributed by atoms with Gasteiger partial charge in [-0.05, 0) is 43.0 Å². The number of thiazole rings is 1. The van der Waals surface area contributed by atoms with E-state index in [1.807, 2.05) is 13.8 Å². The number of aromatic carboxylic acids is 1. The fraction of sp³-hybridized carbons (Fsp3) is 0.321. The maximum Gasteiger partial charge on any atom is 0.434 e. The van der Waals surface area contributed by atoms with Gasteiger partial charge in [0.15, 0.2) is 5.69 Å². The molecule has 3 aromatic heterocycles. The average molecular weight is 604 g/mol. The number of aromatic nitrogens is 3. The van der Waals surface area contributed by atoms with Crippen LogP contribution < -0.4 is 16.1 Å². The van der Waals surface area contributed by atoms with Gasteiger partial charge in [0, 0.05) is 40.8 Å². The predicted octanol–water partition coefficient (Wildman–Crippen LogP) is 5.62. The largest absolute Gasteiger partial charge is 0.477 e. The molecule has 0 fully saturated rings. The van der Waals surface area contributed by atoms with Crippen molar-refractivity contribution in [3.8, 4) is 21.7 Å². The van der Waals surface area contributed by atoms with E-state index in [9.17, 15) is 37.8 Å². The lowest BCUT2D eigenvalue weighted by Gasteiger charge is -2.23. The Morgan fingerprint density at radius 1 is 1.17 bits per heavy atom. The number of aliphatic hydroxyl groups excluding tert-OH is 1. The predicted molar refractivity (Wildman–Crippen MR) is 153 cm³/mol. The third-order valence-corrected chi connectivity index (χ3v) is 7.30. The Bertz CT molecular complexity index is 1700. The standard InChI is InChI=1S/C28H28F3N5O5S/c1-4-32-27(41)35-23-9-17(25-34-22(13-42-25)28(29,30)31)19(10-33-23)15-5-6-21-18(8-15)24(38)20(26(39)40)11-36(21)16(12-37)7-14(2)3/h5-6,8-11,13-14,16,37H,4,7,12H2,1-3H3,(H,39,40)(H2,32,33,35,41)/t16-/m1/s1. The number of amides is 2. The number of urea groups is 1. The fourth-order valence-electron chi connectivity index (χ4n) is 4.58. The Hall–Kier alpha value is -4.30. The van der Waals surface area contributed by atoms with Gasteiger partial charge in [0.05, 0.1) is 18.2 Å². The summed E-state index contributed by atoms with van der Waals surface area (Å²) in [7, 11) is 0. The SMILES string of the molecule is CCNC(=O)Nc1cc(-c2nc(C(F)(F)F)cs2)c(-c2ccc3c(c2)c(=O)c(C(=O)O)cn3[C@@H](CO)CC(C)C)cn1. The van der Waals surface area contributed by atoms with Crippen LogP contribution in [0.5, 0.6) is 0 Å². The van der Waals surface area contributed by atoms with Crippen LogP contribution in [0.2, 0.25) is 0 Å². The molecule has 0 radical (unpaired) electrons. The molecular formula is C28H28F3N5O5S. The summed E-state index contributed by atoms with van der Waals surface area (Å²) in [5.41, 5.74) is -1.09. The first kappa shape index (κ1) is 30.7. The molecular weight excluding hydrogens is 575 g/mol. The number of carboxylic acids is 1. The minimum atomic E-state index is -4.68. The number of halogens is 3.